The van der Waals surface area contributed by atoms with Crippen LogP contribution in [0.15, 0.2) is 30.5 Å². The van der Waals surface area contributed by atoms with Gasteiger partial charge < -0.3 is 10.4 Å². The smallest absolute Gasteiger partial charge is 0.336 e. The SMILES string of the molecule is CCCn1cc(CNCc2ccccc2C(=O)O)c(C)n1. The quantitative estimate of drug-likeness (QED) is 0.821. The van der Waals surface area contributed by atoms with Crippen LogP contribution in [0.2, 0.25) is 0 Å². The Hall–Kier alpha value is -2.14. The first kappa shape index (κ1) is 15.3. The van der Waals surface area contributed by atoms with Crippen molar-refractivity contribution in [1.82, 2.24) is 15.1 Å². The molecule has 5 heteroatoms. The van der Waals surface area contributed by atoms with Gasteiger partial charge in [0.15, 0.2) is 0 Å². The number of carbonyl (C=O) groups is 1. The molecule has 0 radical (unpaired) electrons. The van der Waals surface area contributed by atoms with E-state index in [4.69, 9.17) is 5.11 Å². The van der Waals surface area contributed by atoms with Crippen molar-refractivity contribution in [2.75, 3.05) is 0 Å². The summed E-state index contributed by atoms with van der Waals surface area (Å²) in [7, 11) is 0. The van der Waals surface area contributed by atoms with Gasteiger partial charge in [-0.05, 0) is 25.0 Å². The van der Waals surface area contributed by atoms with Gasteiger partial charge >= 0.3 is 5.97 Å². The summed E-state index contributed by atoms with van der Waals surface area (Å²) in [6, 6.07) is 7.06. The molecule has 0 atom stereocenters. The van der Waals surface area contributed by atoms with Gasteiger partial charge in [0.05, 0.1) is 11.3 Å². The van der Waals surface area contributed by atoms with E-state index in [2.05, 4.69) is 23.5 Å². The zero-order chi connectivity index (χ0) is 15.2. The number of carboxylic acids is 1. The third-order valence-corrected chi connectivity index (χ3v) is 3.38. The molecule has 0 aliphatic heterocycles. The minimum atomic E-state index is -0.889. The van der Waals surface area contributed by atoms with E-state index < -0.39 is 5.97 Å². The lowest BCUT2D eigenvalue weighted by atomic mass is 10.1. The number of nitrogens with zero attached hydrogens (tertiary/aromatic N) is 2. The van der Waals surface area contributed by atoms with Gasteiger partial charge in [0.1, 0.15) is 0 Å². The van der Waals surface area contributed by atoms with Crippen molar-refractivity contribution in [1.29, 1.82) is 0 Å². The van der Waals surface area contributed by atoms with E-state index in [0.29, 0.717) is 18.7 Å². The van der Waals surface area contributed by atoms with Crippen molar-refractivity contribution in [3.63, 3.8) is 0 Å². The molecule has 0 bridgehead atoms. The maximum Gasteiger partial charge on any atom is 0.336 e. The topological polar surface area (TPSA) is 67.2 Å². The summed E-state index contributed by atoms with van der Waals surface area (Å²) in [5.41, 5.74) is 3.31. The highest BCUT2D eigenvalue weighted by Crippen LogP contribution is 2.10. The molecule has 0 fully saturated rings. The number of nitrogens with one attached hydrogen (secondary N) is 1. The highest BCUT2D eigenvalue weighted by Gasteiger charge is 2.09. The van der Waals surface area contributed by atoms with Gasteiger partial charge in [-0.1, -0.05) is 25.1 Å². The van der Waals surface area contributed by atoms with Crippen LogP contribution in [0.4, 0.5) is 0 Å². The third-order valence-electron chi connectivity index (χ3n) is 3.38. The number of carboxylic acid groups (broad SMARTS) is 1. The molecule has 21 heavy (non-hydrogen) atoms. The molecular weight excluding hydrogens is 266 g/mol. The number of benzene rings is 1. The highest BCUT2D eigenvalue weighted by molar-refractivity contribution is 5.89. The zero-order valence-electron chi connectivity index (χ0n) is 12.5. The average molecular weight is 287 g/mol. The second-order valence-electron chi connectivity index (χ2n) is 5.07. The lowest BCUT2D eigenvalue weighted by Gasteiger charge is -2.07. The predicted molar refractivity (Wildman–Crippen MR) is 81.2 cm³/mol. The number of rotatable bonds is 7. The van der Waals surface area contributed by atoms with E-state index in [1.54, 1.807) is 12.1 Å². The van der Waals surface area contributed by atoms with Gasteiger partial charge in [0.25, 0.3) is 0 Å². The monoisotopic (exact) mass is 287 g/mol. The summed E-state index contributed by atoms with van der Waals surface area (Å²) < 4.78 is 1.96. The van der Waals surface area contributed by atoms with Crippen molar-refractivity contribution >= 4 is 5.97 Å². The number of aryl methyl sites for hydroxylation is 2. The standard InChI is InChI=1S/C16H21N3O2/c1-3-8-19-11-14(12(2)18-19)10-17-9-13-6-4-5-7-15(13)16(20)21/h4-7,11,17H,3,8-10H2,1-2H3,(H,20,21). The molecule has 0 spiro atoms. The van der Waals surface area contributed by atoms with Crippen LogP contribution < -0.4 is 5.32 Å². The largest absolute Gasteiger partial charge is 0.478 e. The fraction of sp³-hybridized carbons (Fsp3) is 0.375. The Morgan fingerprint density at radius 1 is 1.29 bits per heavy atom. The van der Waals surface area contributed by atoms with E-state index in [1.807, 2.05) is 23.7 Å². The Labute approximate surface area is 124 Å². The first-order chi connectivity index (χ1) is 10.1. The maximum absolute atomic E-state index is 11.1. The van der Waals surface area contributed by atoms with Crippen LogP contribution in [0.5, 0.6) is 0 Å². The Morgan fingerprint density at radius 3 is 2.71 bits per heavy atom. The zero-order valence-corrected chi connectivity index (χ0v) is 12.5. The van der Waals surface area contributed by atoms with Crippen LogP contribution >= 0.6 is 0 Å². The molecule has 0 unspecified atom stereocenters. The minimum Gasteiger partial charge on any atom is -0.478 e. The van der Waals surface area contributed by atoms with Gasteiger partial charge in [-0.2, -0.15) is 5.10 Å². The van der Waals surface area contributed by atoms with Crippen molar-refractivity contribution in [2.24, 2.45) is 0 Å². The Balaban J connectivity index is 1.97. The lowest BCUT2D eigenvalue weighted by molar-refractivity contribution is 0.0695. The molecule has 0 aliphatic carbocycles. The second-order valence-corrected chi connectivity index (χ2v) is 5.07. The molecule has 1 heterocycles. The molecule has 2 N–H and O–H groups in total. The van der Waals surface area contributed by atoms with E-state index in [-0.39, 0.29) is 0 Å². The third kappa shape index (κ3) is 3.92. The van der Waals surface area contributed by atoms with Crippen molar-refractivity contribution in [2.45, 2.75) is 39.9 Å². The van der Waals surface area contributed by atoms with Crippen LogP contribution in [-0.4, -0.2) is 20.9 Å². The van der Waals surface area contributed by atoms with E-state index >= 15 is 0 Å². The van der Waals surface area contributed by atoms with Crippen molar-refractivity contribution < 1.29 is 9.90 Å². The molecule has 2 rings (SSSR count). The van der Waals surface area contributed by atoms with Crippen LogP contribution in [0.3, 0.4) is 0 Å². The minimum absolute atomic E-state index is 0.350. The van der Waals surface area contributed by atoms with Crippen LogP contribution in [-0.2, 0) is 19.6 Å². The molecule has 1 aromatic heterocycles. The molecule has 5 nitrogen and oxygen atoms in total. The molecular formula is C16H21N3O2. The van der Waals surface area contributed by atoms with Gasteiger partial charge in [0.2, 0.25) is 0 Å². The maximum atomic E-state index is 11.1. The number of hydrogen-bond acceptors (Lipinski definition) is 3. The molecule has 1 aromatic carbocycles. The molecule has 0 aliphatic rings. The summed E-state index contributed by atoms with van der Waals surface area (Å²) in [6.45, 7) is 6.25. The Bertz CT molecular complexity index is 620. The predicted octanol–water partition coefficient (Wildman–Crippen LogP) is 2.59. The van der Waals surface area contributed by atoms with Gasteiger partial charge in [-0.3, -0.25) is 4.68 Å². The Morgan fingerprint density at radius 2 is 2.00 bits per heavy atom. The van der Waals surface area contributed by atoms with Gasteiger partial charge in [-0.25, -0.2) is 4.79 Å². The van der Waals surface area contributed by atoms with Crippen molar-refractivity contribution in [3.05, 3.63) is 52.8 Å². The van der Waals surface area contributed by atoms with E-state index in [9.17, 15) is 4.79 Å². The molecule has 0 saturated carbocycles. The normalized spacial score (nSPS) is 10.8. The van der Waals surface area contributed by atoms with Crippen LogP contribution in [0, 0.1) is 6.92 Å². The average Bonchev–Trinajstić information content (AvgIpc) is 2.80. The first-order valence-electron chi connectivity index (χ1n) is 7.16. The summed E-state index contributed by atoms with van der Waals surface area (Å²) in [5, 5.41) is 16.9. The van der Waals surface area contributed by atoms with E-state index in [0.717, 1.165) is 29.8 Å². The number of aromatic nitrogens is 2. The fourth-order valence-electron chi connectivity index (χ4n) is 2.29. The summed E-state index contributed by atoms with van der Waals surface area (Å²) >= 11 is 0. The summed E-state index contributed by atoms with van der Waals surface area (Å²) in [5.74, 6) is -0.889. The number of hydrogen-bond donors (Lipinski definition) is 2. The van der Waals surface area contributed by atoms with Gasteiger partial charge in [0, 0.05) is 31.4 Å². The van der Waals surface area contributed by atoms with Crippen LogP contribution in [0.25, 0.3) is 0 Å². The summed E-state index contributed by atoms with van der Waals surface area (Å²) in [6.07, 6.45) is 3.11. The molecule has 0 saturated heterocycles. The fourth-order valence-corrected chi connectivity index (χ4v) is 2.29. The summed E-state index contributed by atoms with van der Waals surface area (Å²) in [4.78, 5) is 11.1. The first-order valence-corrected chi connectivity index (χ1v) is 7.16. The second kappa shape index (κ2) is 7.04. The van der Waals surface area contributed by atoms with Crippen molar-refractivity contribution in [3.8, 4) is 0 Å². The van der Waals surface area contributed by atoms with Crippen LogP contribution in [0.1, 0.15) is 40.5 Å². The number of aromatic carboxylic acids is 1. The molecule has 2 aromatic rings. The molecule has 0 amide bonds. The molecule has 112 valence electrons. The van der Waals surface area contributed by atoms with E-state index in [1.165, 1.54) is 0 Å². The van der Waals surface area contributed by atoms with Gasteiger partial charge in [-0.15, -0.1) is 0 Å². The lowest BCUT2D eigenvalue weighted by Crippen LogP contribution is -2.15. The Kier molecular flexibility index (Phi) is 5.11. The highest BCUT2D eigenvalue weighted by atomic mass is 16.4.